The Morgan fingerprint density at radius 1 is 1.11 bits per heavy atom. The molecule has 0 radical (unpaired) electrons. The summed E-state index contributed by atoms with van der Waals surface area (Å²) in [6.07, 6.45) is 0.190. The fraction of sp³-hybridized carbons (Fsp3) is 0.350. The van der Waals surface area contributed by atoms with E-state index in [-0.39, 0.29) is 23.6 Å². The average Bonchev–Trinajstić information content (AvgIpc) is 2.66. The molecular formula is C20H25NO5S. The van der Waals surface area contributed by atoms with E-state index in [2.05, 4.69) is 5.32 Å². The quantitative estimate of drug-likeness (QED) is 0.682. The van der Waals surface area contributed by atoms with Gasteiger partial charge in [-0.15, -0.1) is 0 Å². The number of rotatable bonds is 9. The van der Waals surface area contributed by atoms with Gasteiger partial charge in [0.1, 0.15) is 5.75 Å². The van der Waals surface area contributed by atoms with Gasteiger partial charge in [0.05, 0.1) is 23.4 Å². The number of methoxy groups -OCH3 is 1. The van der Waals surface area contributed by atoms with Crippen LogP contribution in [0.5, 0.6) is 5.75 Å². The van der Waals surface area contributed by atoms with E-state index in [4.69, 9.17) is 4.74 Å². The largest absolute Gasteiger partial charge is 0.497 e. The molecule has 0 unspecified atom stereocenters. The molecule has 1 atom stereocenters. The second kappa shape index (κ2) is 9.01. The van der Waals surface area contributed by atoms with Crippen LogP contribution in [0.3, 0.4) is 0 Å². The molecule has 2 aromatic carbocycles. The zero-order valence-corrected chi connectivity index (χ0v) is 16.3. The number of ether oxygens (including phenoxy) is 1. The molecule has 0 bridgehead atoms. The summed E-state index contributed by atoms with van der Waals surface area (Å²) < 4.78 is 29.5. The van der Waals surface area contributed by atoms with E-state index in [9.17, 15) is 18.3 Å². The van der Waals surface area contributed by atoms with E-state index >= 15 is 0 Å². The van der Waals surface area contributed by atoms with Gasteiger partial charge >= 0.3 is 0 Å². The van der Waals surface area contributed by atoms with Gasteiger partial charge in [0.2, 0.25) is 5.91 Å². The molecule has 7 heteroatoms. The fourth-order valence-corrected chi connectivity index (χ4v) is 3.86. The van der Waals surface area contributed by atoms with Crippen LogP contribution in [-0.4, -0.2) is 44.4 Å². The number of carbonyl (C=O) groups is 1. The van der Waals surface area contributed by atoms with Crippen LogP contribution < -0.4 is 10.1 Å². The first kappa shape index (κ1) is 20.9. The van der Waals surface area contributed by atoms with E-state index in [0.29, 0.717) is 6.42 Å². The fourth-order valence-electron chi connectivity index (χ4n) is 2.60. The average molecular weight is 391 g/mol. The van der Waals surface area contributed by atoms with Crippen molar-refractivity contribution in [1.82, 2.24) is 5.32 Å². The summed E-state index contributed by atoms with van der Waals surface area (Å²) >= 11 is 0. The first-order chi connectivity index (χ1) is 12.7. The van der Waals surface area contributed by atoms with Crippen molar-refractivity contribution in [2.24, 2.45) is 0 Å². The molecule has 0 fully saturated rings. The van der Waals surface area contributed by atoms with Gasteiger partial charge in [0, 0.05) is 19.4 Å². The molecule has 6 nitrogen and oxygen atoms in total. The van der Waals surface area contributed by atoms with Crippen LogP contribution in [0.1, 0.15) is 18.9 Å². The minimum atomic E-state index is -3.50. The Kier molecular flexibility index (Phi) is 6.98. The number of benzene rings is 2. The van der Waals surface area contributed by atoms with E-state index in [0.717, 1.165) is 11.3 Å². The summed E-state index contributed by atoms with van der Waals surface area (Å²) in [7, 11) is -1.92. The van der Waals surface area contributed by atoms with Crippen LogP contribution in [0.15, 0.2) is 59.5 Å². The van der Waals surface area contributed by atoms with Crippen LogP contribution in [0.2, 0.25) is 0 Å². The molecule has 146 valence electrons. The molecule has 0 heterocycles. The molecule has 1 amide bonds. The molecular weight excluding hydrogens is 366 g/mol. The van der Waals surface area contributed by atoms with Gasteiger partial charge in [-0.05, 0) is 36.8 Å². The van der Waals surface area contributed by atoms with Crippen LogP contribution >= 0.6 is 0 Å². The normalized spacial score (nSPS) is 13.6. The van der Waals surface area contributed by atoms with E-state index in [1.54, 1.807) is 44.4 Å². The predicted octanol–water partition coefficient (Wildman–Crippen LogP) is 1.97. The first-order valence-electron chi connectivity index (χ1n) is 8.62. The Balaban J connectivity index is 1.83. The van der Waals surface area contributed by atoms with Crippen LogP contribution in [0.25, 0.3) is 0 Å². The van der Waals surface area contributed by atoms with Crippen molar-refractivity contribution in [2.45, 2.75) is 30.3 Å². The molecule has 0 aliphatic heterocycles. The van der Waals surface area contributed by atoms with Crippen LogP contribution in [0, 0.1) is 0 Å². The summed E-state index contributed by atoms with van der Waals surface area (Å²) in [6, 6.07) is 15.3. The number of aliphatic hydroxyl groups is 1. The maximum Gasteiger partial charge on any atom is 0.221 e. The highest BCUT2D eigenvalue weighted by molar-refractivity contribution is 7.91. The highest BCUT2D eigenvalue weighted by Gasteiger charge is 2.23. The van der Waals surface area contributed by atoms with Gasteiger partial charge in [-0.1, -0.05) is 30.3 Å². The van der Waals surface area contributed by atoms with Crippen LogP contribution in [-0.2, 0) is 21.1 Å². The Bertz CT molecular complexity index is 846. The number of sulfone groups is 1. The van der Waals surface area contributed by atoms with Gasteiger partial charge in [0.25, 0.3) is 0 Å². The summed E-state index contributed by atoms with van der Waals surface area (Å²) in [5.74, 6) is 0.0413. The SMILES string of the molecule is COc1ccc(C[C@](C)(O)CNC(=O)CCS(=O)(=O)c2ccccc2)cc1. The van der Waals surface area contributed by atoms with Crippen molar-refractivity contribution >= 4 is 15.7 Å². The summed E-state index contributed by atoms with van der Waals surface area (Å²) in [5.41, 5.74) is -0.246. The number of nitrogens with one attached hydrogen (secondary N) is 1. The van der Waals surface area contributed by atoms with E-state index in [1.807, 2.05) is 12.1 Å². The highest BCUT2D eigenvalue weighted by Crippen LogP contribution is 2.17. The molecule has 27 heavy (non-hydrogen) atoms. The second-order valence-corrected chi connectivity index (χ2v) is 8.79. The molecule has 0 aliphatic carbocycles. The topological polar surface area (TPSA) is 92.7 Å². The van der Waals surface area contributed by atoms with E-state index < -0.39 is 21.3 Å². The number of carbonyl (C=O) groups excluding carboxylic acids is 1. The third-order valence-electron chi connectivity index (χ3n) is 4.11. The summed E-state index contributed by atoms with van der Waals surface area (Å²) in [5, 5.41) is 13.1. The lowest BCUT2D eigenvalue weighted by molar-refractivity contribution is -0.121. The van der Waals surface area contributed by atoms with E-state index in [1.165, 1.54) is 12.1 Å². The third-order valence-corrected chi connectivity index (χ3v) is 5.84. The zero-order chi connectivity index (χ0) is 19.9. The third kappa shape index (κ3) is 6.69. The number of hydrogen-bond donors (Lipinski definition) is 2. The van der Waals surface area contributed by atoms with Gasteiger partial charge in [-0.2, -0.15) is 0 Å². The minimum Gasteiger partial charge on any atom is -0.497 e. The molecule has 0 spiro atoms. The van der Waals surface area contributed by atoms with Gasteiger partial charge < -0.3 is 15.2 Å². The van der Waals surface area contributed by atoms with Gasteiger partial charge in [0.15, 0.2) is 9.84 Å². The molecule has 0 saturated carbocycles. The van der Waals surface area contributed by atoms with Gasteiger partial charge in [-0.25, -0.2) is 8.42 Å². The lowest BCUT2D eigenvalue weighted by atomic mass is 9.96. The lowest BCUT2D eigenvalue weighted by Crippen LogP contribution is -2.42. The summed E-state index contributed by atoms with van der Waals surface area (Å²) in [4.78, 5) is 12.2. The smallest absolute Gasteiger partial charge is 0.221 e. The Hall–Kier alpha value is -2.38. The minimum absolute atomic E-state index is 0.0310. The number of hydrogen-bond acceptors (Lipinski definition) is 5. The molecule has 2 N–H and O–H groups in total. The Morgan fingerprint density at radius 3 is 2.33 bits per heavy atom. The maximum atomic E-state index is 12.2. The standard InChI is InChI=1S/C20H25NO5S/c1-20(23,14-16-8-10-17(26-2)11-9-16)15-21-19(22)12-13-27(24,25)18-6-4-3-5-7-18/h3-11,23H,12-15H2,1-2H3,(H,21,22)/t20-/m0/s1. The highest BCUT2D eigenvalue weighted by atomic mass is 32.2. The molecule has 0 aliphatic rings. The summed E-state index contributed by atoms with van der Waals surface area (Å²) in [6.45, 7) is 1.65. The van der Waals surface area contributed by atoms with Gasteiger partial charge in [-0.3, -0.25) is 4.79 Å². The maximum absolute atomic E-state index is 12.2. The second-order valence-electron chi connectivity index (χ2n) is 6.68. The zero-order valence-electron chi connectivity index (χ0n) is 15.5. The molecule has 2 aromatic rings. The van der Waals surface area contributed by atoms with Crippen molar-refractivity contribution in [2.75, 3.05) is 19.4 Å². The molecule has 2 rings (SSSR count). The Labute approximate surface area is 160 Å². The monoisotopic (exact) mass is 391 g/mol. The van der Waals surface area contributed by atoms with Crippen molar-refractivity contribution in [3.63, 3.8) is 0 Å². The number of amides is 1. The first-order valence-corrected chi connectivity index (χ1v) is 10.3. The van der Waals surface area contributed by atoms with Crippen molar-refractivity contribution < 1.29 is 23.1 Å². The van der Waals surface area contributed by atoms with Crippen molar-refractivity contribution in [3.05, 3.63) is 60.2 Å². The van der Waals surface area contributed by atoms with Crippen LogP contribution in [0.4, 0.5) is 0 Å². The van der Waals surface area contributed by atoms with Crippen molar-refractivity contribution in [3.8, 4) is 5.75 Å². The lowest BCUT2D eigenvalue weighted by Gasteiger charge is -2.24. The predicted molar refractivity (Wildman–Crippen MR) is 103 cm³/mol. The molecule has 0 aromatic heterocycles. The molecule has 0 saturated heterocycles. The van der Waals surface area contributed by atoms with Crippen molar-refractivity contribution in [1.29, 1.82) is 0 Å². The Morgan fingerprint density at radius 2 is 1.74 bits per heavy atom.